The molecule has 5 nitrogen and oxygen atoms in total. The summed E-state index contributed by atoms with van der Waals surface area (Å²) in [5, 5.41) is 15.6. The van der Waals surface area contributed by atoms with Gasteiger partial charge in [0.15, 0.2) is 0 Å². The smallest absolute Gasteiger partial charge is 0.261 e. The van der Waals surface area contributed by atoms with E-state index in [1.54, 1.807) is 6.20 Å². The highest BCUT2D eigenvalue weighted by Crippen LogP contribution is 2.24. The number of β-amino-alcohol motifs (C(OH)–C–C–N with tert-alkyl or cyclic N) is 1. The number of piperidine rings is 1. The summed E-state index contributed by atoms with van der Waals surface area (Å²) in [6.07, 6.45) is 3.31. The summed E-state index contributed by atoms with van der Waals surface area (Å²) in [6, 6.07) is 7.63. The number of thiophene rings is 1. The Morgan fingerprint density at radius 2 is 2.39 bits per heavy atom. The monoisotopic (exact) mass is 331 g/mol. The van der Waals surface area contributed by atoms with Crippen molar-refractivity contribution in [2.24, 2.45) is 0 Å². The molecule has 3 rings (SSSR count). The average molecular weight is 331 g/mol. The Morgan fingerprint density at radius 1 is 1.52 bits per heavy atom. The number of aryl methyl sites for hydroxylation is 1. The first-order valence-electron chi connectivity index (χ1n) is 7.77. The van der Waals surface area contributed by atoms with E-state index in [4.69, 9.17) is 0 Å². The lowest BCUT2D eigenvalue weighted by Crippen LogP contribution is -2.54. The van der Waals surface area contributed by atoms with E-state index in [0.717, 1.165) is 24.3 Å². The fourth-order valence-electron chi connectivity index (χ4n) is 2.88. The largest absolute Gasteiger partial charge is 0.386 e. The summed E-state index contributed by atoms with van der Waals surface area (Å²) in [5.41, 5.74) is 0.162. The number of aromatic nitrogens is 1. The number of nitrogens with one attached hydrogen (secondary N) is 1. The van der Waals surface area contributed by atoms with Gasteiger partial charge < -0.3 is 15.3 Å². The molecule has 6 heteroatoms. The number of hydrogen-bond acceptors (Lipinski definition) is 5. The maximum absolute atomic E-state index is 12.2. The predicted molar refractivity (Wildman–Crippen MR) is 92.0 cm³/mol. The average Bonchev–Trinajstić information content (AvgIpc) is 3.00. The van der Waals surface area contributed by atoms with E-state index in [2.05, 4.69) is 15.2 Å². The topological polar surface area (TPSA) is 65.5 Å². The normalized spacial score (nSPS) is 21.2. The van der Waals surface area contributed by atoms with Gasteiger partial charge in [-0.1, -0.05) is 6.07 Å². The second-order valence-electron chi connectivity index (χ2n) is 6.11. The zero-order chi connectivity index (χ0) is 16.3. The molecule has 0 unspecified atom stereocenters. The molecule has 122 valence electrons. The second kappa shape index (κ2) is 6.68. The summed E-state index contributed by atoms with van der Waals surface area (Å²) in [7, 11) is 0. The Bertz CT molecular complexity index is 673. The number of aliphatic hydroxyl groups is 1. The zero-order valence-corrected chi connectivity index (χ0v) is 14.0. The van der Waals surface area contributed by atoms with Gasteiger partial charge in [0, 0.05) is 25.8 Å². The highest BCUT2D eigenvalue weighted by Gasteiger charge is 2.34. The molecule has 0 saturated carbocycles. The van der Waals surface area contributed by atoms with Gasteiger partial charge in [-0.3, -0.25) is 4.79 Å². The lowest BCUT2D eigenvalue weighted by molar-refractivity contribution is 0.0255. The highest BCUT2D eigenvalue weighted by atomic mass is 32.1. The number of carbonyl (C=O) groups is 1. The maximum Gasteiger partial charge on any atom is 0.261 e. The molecule has 1 amide bonds. The molecule has 0 radical (unpaired) electrons. The van der Waals surface area contributed by atoms with Crippen molar-refractivity contribution in [3.8, 4) is 0 Å². The van der Waals surface area contributed by atoms with Gasteiger partial charge >= 0.3 is 0 Å². The molecule has 1 aliphatic rings. The van der Waals surface area contributed by atoms with Crippen molar-refractivity contribution >= 4 is 23.1 Å². The molecule has 2 aromatic rings. The predicted octanol–water partition coefficient (Wildman–Crippen LogP) is 2.21. The fourth-order valence-corrected chi connectivity index (χ4v) is 3.69. The van der Waals surface area contributed by atoms with Crippen molar-refractivity contribution < 1.29 is 9.90 Å². The summed E-state index contributed by atoms with van der Waals surface area (Å²) >= 11 is 1.43. The minimum Gasteiger partial charge on any atom is -0.386 e. The number of carbonyl (C=O) groups excluding carboxylic acids is 1. The fraction of sp³-hybridized carbons (Fsp3) is 0.412. The first-order chi connectivity index (χ1) is 11.1. The van der Waals surface area contributed by atoms with Crippen LogP contribution in [0.3, 0.4) is 0 Å². The summed E-state index contributed by atoms with van der Waals surface area (Å²) in [5.74, 6) is 0.748. The van der Waals surface area contributed by atoms with Crippen molar-refractivity contribution in [3.05, 3.63) is 46.3 Å². The molecule has 1 aliphatic heterocycles. The molecular weight excluding hydrogens is 310 g/mol. The molecule has 1 fully saturated rings. The van der Waals surface area contributed by atoms with Crippen molar-refractivity contribution in [2.45, 2.75) is 25.4 Å². The van der Waals surface area contributed by atoms with E-state index in [0.29, 0.717) is 17.8 Å². The second-order valence-corrected chi connectivity index (χ2v) is 7.02. The quantitative estimate of drug-likeness (QED) is 0.901. The molecule has 2 N–H and O–H groups in total. The standard InChI is InChI=1S/C17H21N3O2S/c1-13-9-14(23-10-13)16(21)19-11-17(22)6-4-8-20(12-17)15-5-2-3-7-18-15/h2-3,5,7,9-10,22H,4,6,8,11-12H2,1H3,(H,19,21)/t17-/m1/s1. The molecule has 2 aromatic heterocycles. The van der Waals surface area contributed by atoms with Crippen molar-refractivity contribution in [2.75, 3.05) is 24.5 Å². The molecule has 0 aromatic carbocycles. The molecule has 0 aliphatic carbocycles. The van der Waals surface area contributed by atoms with Gasteiger partial charge in [-0.2, -0.15) is 0 Å². The van der Waals surface area contributed by atoms with E-state index >= 15 is 0 Å². The van der Waals surface area contributed by atoms with Crippen LogP contribution in [-0.2, 0) is 0 Å². The Morgan fingerprint density at radius 3 is 3.09 bits per heavy atom. The van der Waals surface area contributed by atoms with Crippen LogP contribution < -0.4 is 10.2 Å². The van der Waals surface area contributed by atoms with Gasteiger partial charge in [-0.15, -0.1) is 11.3 Å². The third kappa shape index (κ3) is 3.89. The third-order valence-electron chi connectivity index (χ3n) is 4.06. The van der Waals surface area contributed by atoms with Crippen LogP contribution in [0.25, 0.3) is 0 Å². The summed E-state index contributed by atoms with van der Waals surface area (Å²) < 4.78 is 0. The molecule has 0 bridgehead atoms. The van der Waals surface area contributed by atoms with Crippen LogP contribution in [0.4, 0.5) is 5.82 Å². The van der Waals surface area contributed by atoms with E-state index in [9.17, 15) is 9.90 Å². The Kier molecular flexibility index (Phi) is 4.63. The van der Waals surface area contributed by atoms with Gasteiger partial charge in [-0.25, -0.2) is 4.98 Å². The first-order valence-corrected chi connectivity index (χ1v) is 8.65. The van der Waals surface area contributed by atoms with Crippen LogP contribution in [0.15, 0.2) is 35.8 Å². The number of hydrogen-bond donors (Lipinski definition) is 2. The zero-order valence-electron chi connectivity index (χ0n) is 13.2. The first kappa shape index (κ1) is 16.0. The van der Waals surface area contributed by atoms with Crippen LogP contribution in [0, 0.1) is 6.92 Å². The van der Waals surface area contributed by atoms with Crippen LogP contribution >= 0.6 is 11.3 Å². The molecule has 3 heterocycles. The lowest BCUT2D eigenvalue weighted by Gasteiger charge is -2.39. The van der Waals surface area contributed by atoms with Crippen molar-refractivity contribution in [3.63, 3.8) is 0 Å². The maximum atomic E-state index is 12.2. The minimum atomic E-state index is -0.919. The van der Waals surface area contributed by atoms with E-state index in [1.165, 1.54) is 11.3 Å². The molecule has 0 spiro atoms. The Labute approximate surface area is 140 Å². The van der Waals surface area contributed by atoms with Crippen LogP contribution in [0.1, 0.15) is 28.1 Å². The number of rotatable bonds is 4. The summed E-state index contributed by atoms with van der Waals surface area (Å²) in [6.45, 7) is 3.57. The van der Waals surface area contributed by atoms with Gasteiger partial charge in [0.05, 0.1) is 10.5 Å². The van der Waals surface area contributed by atoms with Gasteiger partial charge in [0.1, 0.15) is 5.82 Å². The van der Waals surface area contributed by atoms with Gasteiger partial charge in [0.2, 0.25) is 0 Å². The Hall–Kier alpha value is -1.92. The van der Waals surface area contributed by atoms with E-state index < -0.39 is 5.60 Å². The highest BCUT2D eigenvalue weighted by molar-refractivity contribution is 7.12. The van der Waals surface area contributed by atoms with Crippen LogP contribution in [0.2, 0.25) is 0 Å². The number of nitrogens with zero attached hydrogens (tertiary/aromatic N) is 2. The van der Waals surface area contributed by atoms with Crippen LogP contribution in [-0.4, -0.2) is 41.2 Å². The van der Waals surface area contributed by atoms with E-state index in [1.807, 2.05) is 36.6 Å². The van der Waals surface area contributed by atoms with Crippen LogP contribution in [0.5, 0.6) is 0 Å². The van der Waals surface area contributed by atoms with E-state index in [-0.39, 0.29) is 12.5 Å². The van der Waals surface area contributed by atoms with Gasteiger partial charge in [-0.05, 0) is 48.9 Å². The number of pyridine rings is 1. The molecular formula is C17H21N3O2S. The lowest BCUT2D eigenvalue weighted by atomic mass is 9.92. The molecule has 23 heavy (non-hydrogen) atoms. The molecule has 1 atom stereocenters. The number of anilines is 1. The van der Waals surface area contributed by atoms with Gasteiger partial charge in [0.25, 0.3) is 5.91 Å². The van der Waals surface area contributed by atoms with Crippen molar-refractivity contribution in [1.29, 1.82) is 0 Å². The number of amides is 1. The van der Waals surface area contributed by atoms with Crippen molar-refractivity contribution in [1.82, 2.24) is 10.3 Å². The molecule has 1 saturated heterocycles. The summed E-state index contributed by atoms with van der Waals surface area (Å²) in [4.78, 5) is 19.3. The SMILES string of the molecule is Cc1csc(C(=O)NC[C@]2(O)CCCN(c3ccccn3)C2)c1. The third-order valence-corrected chi connectivity index (χ3v) is 5.11. The Balaban J connectivity index is 1.61. The minimum absolute atomic E-state index is 0.119.